The van der Waals surface area contributed by atoms with E-state index in [0.717, 1.165) is 35.7 Å². The molecule has 5 nitrogen and oxygen atoms in total. The molecule has 0 saturated heterocycles. The highest BCUT2D eigenvalue weighted by atomic mass is 35.5. The molecule has 0 saturated carbocycles. The van der Waals surface area contributed by atoms with E-state index in [-0.39, 0.29) is 5.97 Å². The normalized spacial score (nSPS) is 18.7. The molecule has 7 heteroatoms. The molecular weight excluding hydrogens is 588 g/mol. The van der Waals surface area contributed by atoms with Crippen LogP contribution in [0.2, 0.25) is 5.02 Å². The summed E-state index contributed by atoms with van der Waals surface area (Å²) in [7, 11) is 3.66. The standard InChI is InChI=1S/C37H41ClN2O3S/c1-24-19-30-33(43-23-29-16-13-27(22-39(29)4)26-9-7-6-8-10-26)18-17-31-34(30)35(44-24)32(20-37(2,3)36(41)42-5)40(31)21-25-11-14-28(38)15-12-25/h6-15,17-18,24,29H,16,19-23H2,1-5H3. The van der Waals surface area contributed by atoms with E-state index < -0.39 is 5.41 Å². The Morgan fingerprint density at radius 2 is 1.82 bits per heavy atom. The summed E-state index contributed by atoms with van der Waals surface area (Å²) in [5.74, 6) is 0.770. The van der Waals surface area contributed by atoms with Gasteiger partial charge >= 0.3 is 5.97 Å². The van der Waals surface area contributed by atoms with Crippen molar-refractivity contribution in [3.8, 4) is 5.75 Å². The highest BCUT2D eigenvalue weighted by Crippen LogP contribution is 2.48. The molecular formula is C37H41ClN2O3S. The molecule has 0 N–H and O–H groups in total. The number of benzene rings is 3. The van der Waals surface area contributed by atoms with Crippen molar-refractivity contribution in [3.63, 3.8) is 0 Å². The topological polar surface area (TPSA) is 43.7 Å². The number of carbonyl (C=O) groups excluding carboxylic acids is 1. The Bertz CT molecular complexity index is 1690. The van der Waals surface area contributed by atoms with Crippen molar-refractivity contribution in [1.82, 2.24) is 9.47 Å². The number of carbonyl (C=O) groups is 1. The Kier molecular flexibility index (Phi) is 8.87. The summed E-state index contributed by atoms with van der Waals surface area (Å²) in [5, 5.41) is 2.37. The third kappa shape index (κ3) is 6.17. The first-order valence-corrected chi connectivity index (χ1v) is 16.6. The van der Waals surface area contributed by atoms with E-state index in [2.05, 4.69) is 84.1 Å². The van der Waals surface area contributed by atoms with Gasteiger partial charge in [0.05, 0.1) is 18.0 Å². The van der Waals surface area contributed by atoms with Crippen LogP contribution in [0.5, 0.6) is 5.75 Å². The van der Waals surface area contributed by atoms with Crippen molar-refractivity contribution in [1.29, 1.82) is 0 Å². The predicted octanol–water partition coefficient (Wildman–Crippen LogP) is 8.29. The third-order valence-electron chi connectivity index (χ3n) is 9.02. The molecule has 4 aromatic rings. The largest absolute Gasteiger partial charge is 0.492 e. The number of esters is 1. The highest BCUT2D eigenvalue weighted by molar-refractivity contribution is 8.00. The third-order valence-corrected chi connectivity index (χ3v) is 10.5. The minimum Gasteiger partial charge on any atom is -0.492 e. The maximum atomic E-state index is 12.8. The Morgan fingerprint density at radius 1 is 1.07 bits per heavy atom. The molecule has 2 aliphatic rings. The van der Waals surface area contributed by atoms with Crippen LogP contribution in [0.3, 0.4) is 0 Å². The Labute approximate surface area is 270 Å². The van der Waals surface area contributed by atoms with Gasteiger partial charge in [-0.25, -0.2) is 0 Å². The number of halogens is 1. The molecule has 3 heterocycles. The van der Waals surface area contributed by atoms with Crippen LogP contribution >= 0.6 is 23.4 Å². The van der Waals surface area contributed by atoms with Crippen LogP contribution < -0.4 is 4.74 Å². The molecule has 6 rings (SSSR count). The van der Waals surface area contributed by atoms with E-state index >= 15 is 0 Å². The smallest absolute Gasteiger partial charge is 0.311 e. The molecule has 2 unspecified atom stereocenters. The SMILES string of the molecule is COC(=O)C(C)(C)Cc1c2c3c(c(OCC4CC=C(c5ccccc5)CN4C)ccc3n1Cc1ccc(Cl)cc1)CC(C)S2. The zero-order chi connectivity index (χ0) is 31.0. The summed E-state index contributed by atoms with van der Waals surface area (Å²) in [5.41, 5.74) is 6.79. The van der Waals surface area contributed by atoms with Gasteiger partial charge < -0.3 is 14.0 Å². The van der Waals surface area contributed by atoms with E-state index in [1.165, 1.54) is 45.3 Å². The van der Waals surface area contributed by atoms with Gasteiger partial charge in [0, 0.05) is 57.4 Å². The van der Waals surface area contributed by atoms with Gasteiger partial charge in [-0.3, -0.25) is 9.69 Å². The first-order valence-electron chi connectivity index (χ1n) is 15.4. The van der Waals surface area contributed by atoms with Gasteiger partial charge in [0.2, 0.25) is 0 Å². The lowest BCUT2D eigenvalue weighted by atomic mass is 9.87. The minimum atomic E-state index is -0.671. The van der Waals surface area contributed by atoms with Crippen molar-refractivity contribution in [2.24, 2.45) is 5.41 Å². The quantitative estimate of drug-likeness (QED) is 0.175. The number of aromatic nitrogens is 1. The summed E-state index contributed by atoms with van der Waals surface area (Å²) >= 11 is 8.13. The molecule has 0 bridgehead atoms. The van der Waals surface area contributed by atoms with E-state index in [0.29, 0.717) is 30.9 Å². The summed E-state index contributed by atoms with van der Waals surface area (Å²) in [6, 6.07) is 23.4. The number of rotatable bonds is 9. The molecule has 0 aliphatic carbocycles. The Hall–Kier alpha value is -3.19. The second kappa shape index (κ2) is 12.7. The molecule has 230 valence electrons. The predicted molar refractivity (Wildman–Crippen MR) is 182 cm³/mol. The number of methoxy groups -OCH3 is 1. The molecule has 0 spiro atoms. The molecule has 0 fully saturated rings. The average molecular weight is 629 g/mol. The Balaban J connectivity index is 1.35. The second-order valence-electron chi connectivity index (χ2n) is 12.8. The van der Waals surface area contributed by atoms with Gasteiger partial charge in [-0.1, -0.05) is 67.1 Å². The lowest BCUT2D eigenvalue weighted by molar-refractivity contribution is -0.150. The zero-order valence-corrected chi connectivity index (χ0v) is 27.8. The number of ether oxygens (including phenoxy) is 2. The monoisotopic (exact) mass is 628 g/mol. The molecule has 44 heavy (non-hydrogen) atoms. The van der Waals surface area contributed by atoms with Gasteiger partial charge in [0.15, 0.2) is 0 Å². The summed E-state index contributed by atoms with van der Waals surface area (Å²) in [4.78, 5) is 16.5. The van der Waals surface area contributed by atoms with Crippen molar-refractivity contribution >= 4 is 45.8 Å². The first-order chi connectivity index (χ1) is 21.1. The second-order valence-corrected chi connectivity index (χ2v) is 14.7. The van der Waals surface area contributed by atoms with Crippen LogP contribution in [0, 0.1) is 5.41 Å². The fraction of sp³-hybridized carbons (Fsp3) is 0.378. The molecule has 3 aromatic carbocycles. The maximum absolute atomic E-state index is 12.8. The fourth-order valence-electron chi connectivity index (χ4n) is 6.56. The van der Waals surface area contributed by atoms with Crippen LogP contribution in [-0.4, -0.2) is 54.0 Å². The van der Waals surface area contributed by atoms with Gasteiger partial charge in [-0.2, -0.15) is 0 Å². The summed E-state index contributed by atoms with van der Waals surface area (Å²) < 4.78 is 14.3. The summed E-state index contributed by atoms with van der Waals surface area (Å²) in [6.07, 6.45) is 4.85. The van der Waals surface area contributed by atoms with E-state index in [4.69, 9.17) is 21.1 Å². The highest BCUT2D eigenvalue weighted by Gasteiger charge is 2.35. The summed E-state index contributed by atoms with van der Waals surface area (Å²) in [6.45, 7) is 8.47. The van der Waals surface area contributed by atoms with Crippen LogP contribution in [0.4, 0.5) is 0 Å². The van der Waals surface area contributed by atoms with E-state index in [9.17, 15) is 4.79 Å². The first kappa shape index (κ1) is 30.8. The lowest BCUT2D eigenvalue weighted by Gasteiger charge is -2.33. The fourth-order valence-corrected chi connectivity index (χ4v) is 8.00. The number of thioether (sulfide) groups is 1. The van der Waals surface area contributed by atoms with Crippen molar-refractivity contribution in [2.75, 3.05) is 27.3 Å². The molecule has 1 aromatic heterocycles. The van der Waals surface area contributed by atoms with Gasteiger partial charge in [0.25, 0.3) is 0 Å². The van der Waals surface area contributed by atoms with Crippen LogP contribution in [-0.2, 0) is 28.9 Å². The number of likely N-dealkylation sites (N-methyl/N-ethyl adjacent to an activating group) is 1. The number of hydrogen-bond donors (Lipinski definition) is 0. The van der Waals surface area contributed by atoms with Crippen LogP contribution in [0.15, 0.2) is 77.7 Å². The zero-order valence-electron chi connectivity index (χ0n) is 26.2. The van der Waals surface area contributed by atoms with Crippen molar-refractivity contribution < 1.29 is 14.3 Å². The molecule has 2 atom stereocenters. The van der Waals surface area contributed by atoms with Crippen molar-refractivity contribution in [3.05, 3.63) is 100 Å². The molecule has 2 aliphatic heterocycles. The lowest BCUT2D eigenvalue weighted by Crippen LogP contribution is -2.39. The molecule has 0 amide bonds. The molecule has 0 radical (unpaired) electrons. The number of nitrogens with zero attached hydrogens (tertiary/aromatic N) is 2. The van der Waals surface area contributed by atoms with Gasteiger partial charge in [-0.05, 0) is 74.7 Å². The van der Waals surface area contributed by atoms with Gasteiger partial charge in [0.1, 0.15) is 12.4 Å². The number of hydrogen-bond acceptors (Lipinski definition) is 5. The maximum Gasteiger partial charge on any atom is 0.311 e. The van der Waals surface area contributed by atoms with Crippen LogP contribution in [0.1, 0.15) is 49.6 Å². The van der Waals surface area contributed by atoms with Crippen molar-refractivity contribution in [2.45, 2.75) is 62.8 Å². The van der Waals surface area contributed by atoms with E-state index in [1.807, 2.05) is 37.7 Å². The van der Waals surface area contributed by atoms with Gasteiger partial charge in [-0.15, -0.1) is 11.8 Å². The Morgan fingerprint density at radius 3 is 2.52 bits per heavy atom. The average Bonchev–Trinajstić information content (AvgIpc) is 3.29. The minimum absolute atomic E-state index is 0.202. The van der Waals surface area contributed by atoms with Crippen LogP contribution in [0.25, 0.3) is 16.5 Å². The van der Waals surface area contributed by atoms with E-state index in [1.54, 1.807) is 0 Å².